The van der Waals surface area contributed by atoms with E-state index in [1.807, 2.05) is 6.07 Å². The van der Waals surface area contributed by atoms with Crippen LogP contribution in [0.15, 0.2) is 75.7 Å². The van der Waals surface area contributed by atoms with Gasteiger partial charge in [0.25, 0.3) is 0 Å². The van der Waals surface area contributed by atoms with Gasteiger partial charge < -0.3 is 19.2 Å². The first-order valence-electron chi connectivity index (χ1n) is 10.3. The first-order valence-corrected chi connectivity index (χ1v) is 10.7. The molecule has 1 N–H and O–H groups in total. The second kappa shape index (κ2) is 11.2. The smallest absolute Gasteiger partial charge is 0.337 e. The standard InChI is InChI=1S/C25H23ClN2O5/c1-16-21(24(29)32-13-5-10-20-9-4-12-31-20)23(18-7-3-8-19(26)15-18)22(17(2)28-16)25(30)33-14-6-11-27/h3-5,7-10,12,15,23,28H,6,13-14H2,1-2H3. The second-order valence-corrected chi connectivity index (χ2v) is 7.69. The van der Waals surface area contributed by atoms with Gasteiger partial charge in [-0.2, -0.15) is 5.26 Å². The van der Waals surface area contributed by atoms with E-state index in [0.717, 1.165) is 0 Å². The molecule has 0 spiro atoms. The molecule has 1 aliphatic rings. The summed E-state index contributed by atoms with van der Waals surface area (Å²) in [6.45, 7) is 3.45. The number of hydrogen-bond acceptors (Lipinski definition) is 7. The Morgan fingerprint density at radius 3 is 2.52 bits per heavy atom. The fourth-order valence-corrected chi connectivity index (χ4v) is 3.77. The molecule has 170 valence electrons. The fourth-order valence-electron chi connectivity index (χ4n) is 3.57. The number of carbonyl (C=O) groups is 2. The summed E-state index contributed by atoms with van der Waals surface area (Å²) in [4.78, 5) is 26.1. The minimum absolute atomic E-state index is 0.0171. The molecule has 3 rings (SSSR count). The molecule has 2 aromatic rings. The summed E-state index contributed by atoms with van der Waals surface area (Å²) in [5, 5.41) is 12.3. The molecule has 1 aromatic heterocycles. The van der Waals surface area contributed by atoms with E-state index in [0.29, 0.717) is 27.7 Å². The molecule has 8 heteroatoms. The van der Waals surface area contributed by atoms with Crippen molar-refractivity contribution in [3.05, 3.63) is 87.6 Å². The molecule has 1 atom stereocenters. The Labute approximate surface area is 196 Å². The van der Waals surface area contributed by atoms with E-state index in [1.165, 1.54) is 0 Å². The predicted molar refractivity (Wildman–Crippen MR) is 123 cm³/mol. The highest BCUT2D eigenvalue weighted by atomic mass is 35.5. The number of halogens is 1. The van der Waals surface area contributed by atoms with Gasteiger partial charge >= 0.3 is 11.9 Å². The van der Waals surface area contributed by atoms with E-state index in [2.05, 4.69) is 5.32 Å². The number of dihydropyridines is 1. The zero-order valence-electron chi connectivity index (χ0n) is 18.3. The van der Waals surface area contributed by atoms with Gasteiger partial charge in [-0.15, -0.1) is 0 Å². The Morgan fingerprint density at radius 2 is 1.88 bits per heavy atom. The van der Waals surface area contributed by atoms with Gasteiger partial charge in [0.1, 0.15) is 19.0 Å². The quantitative estimate of drug-likeness (QED) is 0.437. The summed E-state index contributed by atoms with van der Waals surface area (Å²) in [6, 6.07) is 12.4. The Bertz CT molecular complexity index is 1160. The zero-order chi connectivity index (χ0) is 23.8. The Balaban J connectivity index is 1.91. The molecule has 0 bridgehead atoms. The van der Waals surface area contributed by atoms with Crippen molar-refractivity contribution in [3.63, 3.8) is 0 Å². The van der Waals surface area contributed by atoms with Crippen molar-refractivity contribution in [2.24, 2.45) is 0 Å². The fraction of sp³-hybridized carbons (Fsp3) is 0.240. The SMILES string of the molecule is CC1=C(C(=O)OCC=Cc2ccco2)C(c2cccc(Cl)c2)C(C(=O)OCCC#N)=C(C)N1. The van der Waals surface area contributed by atoms with Gasteiger partial charge in [0.15, 0.2) is 0 Å². The number of furan rings is 1. The molecule has 1 unspecified atom stereocenters. The van der Waals surface area contributed by atoms with E-state index in [4.69, 9.17) is 30.8 Å². The van der Waals surface area contributed by atoms with Crippen molar-refractivity contribution in [1.29, 1.82) is 5.26 Å². The van der Waals surface area contributed by atoms with Crippen LogP contribution in [0.2, 0.25) is 5.02 Å². The van der Waals surface area contributed by atoms with Gasteiger partial charge in [0.05, 0.1) is 35.8 Å². The van der Waals surface area contributed by atoms with Crippen LogP contribution in [0.1, 0.15) is 37.5 Å². The van der Waals surface area contributed by atoms with Crippen molar-refractivity contribution in [3.8, 4) is 6.07 Å². The lowest BCUT2D eigenvalue weighted by molar-refractivity contribution is -0.139. The predicted octanol–water partition coefficient (Wildman–Crippen LogP) is 4.88. The van der Waals surface area contributed by atoms with Crippen molar-refractivity contribution >= 4 is 29.6 Å². The maximum atomic E-state index is 13.1. The molecule has 0 amide bonds. The molecule has 0 aliphatic carbocycles. The molecule has 2 heterocycles. The van der Waals surface area contributed by atoms with Gasteiger partial charge in [-0.3, -0.25) is 0 Å². The van der Waals surface area contributed by atoms with Crippen LogP contribution in [0.5, 0.6) is 0 Å². The largest absolute Gasteiger partial charge is 0.465 e. The summed E-state index contributed by atoms with van der Waals surface area (Å²) in [5.41, 5.74) is 2.30. The number of nitrogens with one attached hydrogen (secondary N) is 1. The lowest BCUT2D eigenvalue weighted by Gasteiger charge is -2.30. The third-order valence-corrected chi connectivity index (χ3v) is 5.20. The molecule has 33 heavy (non-hydrogen) atoms. The highest BCUT2D eigenvalue weighted by Gasteiger charge is 2.38. The zero-order valence-corrected chi connectivity index (χ0v) is 19.0. The van der Waals surface area contributed by atoms with E-state index in [-0.39, 0.29) is 30.8 Å². The Hall–Kier alpha value is -3.76. The van der Waals surface area contributed by atoms with Crippen LogP contribution in [0.3, 0.4) is 0 Å². The summed E-state index contributed by atoms with van der Waals surface area (Å²) < 4.78 is 16.0. The highest BCUT2D eigenvalue weighted by molar-refractivity contribution is 6.30. The normalized spacial score (nSPS) is 15.9. The molecular formula is C25H23ClN2O5. The number of esters is 2. The van der Waals surface area contributed by atoms with Gasteiger partial charge in [0.2, 0.25) is 0 Å². The molecule has 0 fully saturated rings. The molecular weight excluding hydrogens is 444 g/mol. The lowest BCUT2D eigenvalue weighted by atomic mass is 9.80. The minimum atomic E-state index is -0.749. The maximum Gasteiger partial charge on any atom is 0.337 e. The van der Waals surface area contributed by atoms with E-state index < -0.39 is 17.9 Å². The van der Waals surface area contributed by atoms with Crippen LogP contribution in [0, 0.1) is 11.3 Å². The molecule has 1 aliphatic heterocycles. The van der Waals surface area contributed by atoms with E-state index in [1.54, 1.807) is 68.7 Å². The summed E-state index contributed by atoms with van der Waals surface area (Å²) in [7, 11) is 0. The Morgan fingerprint density at radius 1 is 1.15 bits per heavy atom. The number of hydrogen-bond donors (Lipinski definition) is 1. The van der Waals surface area contributed by atoms with Crippen molar-refractivity contribution in [2.45, 2.75) is 26.2 Å². The van der Waals surface area contributed by atoms with Crippen molar-refractivity contribution in [2.75, 3.05) is 13.2 Å². The highest BCUT2D eigenvalue weighted by Crippen LogP contribution is 2.39. The third kappa shape index (κ3) is 5.93. The number of rotatable bonds is 8. The molecule has 0 radical (unpaired) electrons. The molecule has 1 aromatic carbocycles. The summed E-state index contributed by atoms with van der Waals surface area (Å²) >= 11 is 6.21. The number of ether oxygens (including phenoxy) is 2. The lowest BCUT2D eigenvalue weighted by Crippen LogP contribution is -2.32. The summed E-state index contributed by atoms with van der Waals surface area (Å²) in [6.07, 6.45) is 4.98. The average Bonchev–Trinajstić information content (AvgIpc) is 3.29. The van der Waals surface area contributed by atoms with Crippen molar-refractivity contribution in [1.82, 2.24) is 5.32 Å². The third-order valence-electron chi connectivity index (χ3n) is 4.97. The van der Waals surface area contributed by atoms with E-state index >= 15 is 0 Å². The van der Waals surface area contributed by atoms with Crippen LogP contribution in [-0.2, 0) is 19.1 Å². The number of nitriles is 1. The van der Waals surface area contributed by atoms with Gasteiger partial charge in [-0.1, -0.05) is 23.7 Å². The second-order valence-electron chi connectivity index (χ2n) is 7.25. The van der Waals surface area contributed by atoms with Gasteiger partial charge in [-0.05, 0) is 55.8 Å². The topological polar surface area (TPSA) is 102 Å². The Kier molecular flexibility index (Phi) is 8.11. The number of allylic oxidation sites excluding steroid dienone is 2. The van der Waals surface area contributed by atoms with Gasteiger partial charge in [0, 0.05) is 16.4 Å². The molecule has 0 saturated heterocycles. The average molecular weight is 467 g/mol. The van der Waals surface area contributed by atoms with Gasteiger partial charge in [-0.25, -0.2) is 9.59 Å². The number of carbonyl (C=O) groups excluding carboxylic acids is 2. The molecule has 7 nitrogen and oxygen atoms in total. The van der Waals surface area contributed by atoms with Crippen LogP contribution < -0.4 is 5.32 Å². The number of nitrogens with zero attached hydrogens (tertiary/aromatic N) is 1. The molecule has 0 saturated carbocycles. The monoisotopic (exact) mass is 466 g/mol. The van der Waals surface area contributed by atoms with Crippen molar-refractivity contribution < 1.29 is 23.5 Å². The van der Waals surface area contributed by atoms with Crippen LogP contribution in [-0.4, -0.2) is 25.2 Å². The first kappa shape index (κ1) is 23.9. The maximum absolute atomic E-state index is 13.1. The first-order chi connectivity index (χ1) is 15.9. The van der Waals surface area contributed by atoms with E-state index in [9.17, 15) is 9.59 Å². The van der Waals surface area contributed by atoms with Crippen LogP contribution >= 0.6 is 11.6 Å². The summed E-state index contributed by atoms with van der Waals surface area (Å²) in [5.74, 6) is -1.31. The van der Waals surface area contributed by atoms with Crippen LogP contribution in [0.25, 0.3) is 6.08 Å². The number of benzene rings is 1. The minimum Gasteiger partial charge on any atom is -0.465 e. The van der Waals surface area contributed by atoms with Crippen LogP contribution in [0.4, 0.5) is 0 Å².